The van der Waals surface area contributed by atoms with Crippen molar-refractivity contribution in [3.8, 4) is 11.1 Å². The summed E-state index contributed by atoms with van der Waals surface area (Å²) in [6.45, 7) is 6.78. The van der Waals surface area contributed by atoms with Gasteiger partial charge in [-0.2, -0.15) is 0 Å². The van der Waals surface area contributed by atoms with Crippen LogP contribution in [0.15, 0.2) is 47.9 Å². The van der Waals surface area contributed by atoms with Crippen molar-refractivity contribution < 1.29 is 0 Å². The van der Waals surface area contributed by atoms with E-state index in [-0.39, 0.29) is 5.41 Å². The van der Waals surface area contributed by atoms with Crippen LogP contribution in [0.2, 0.25) is 0 Å². The van der Waals surface area contributed by atoms with Crippen molar-refractivity contribution in [2.45, 2.75) is 27.2 Å². The first-order chi connectivity index (χ1) is 8.61. The highest BCUT2D eigenvalue weighted by Crippen LogP contribution is 2.28. The van der Waals surface area contributed by atoms with Crippen molar-refractivity contribution in [2.75, 3.05) is 0 Å². The van der Waals surface area contributed by atoms with Crippen molar-refractivity contribution in [1.29, 1.82) is 0 Å². The number of hydrogen-bond donors (Lipinski definition) is 0. The van der Waals surface area contributed by atoms with Gasteiger partial charge < -0.3 is 0 Å². The predicted molar refractivity (Wildman–Crippen MR) is 82.9 cm³/mol. The summed E-state index contributed by atoms with van der Waals surface area (Å²) in [5, 5.41) is 2.23. The zero-order valence-electron chi connectivity index (χ0n) is 11.3. The molecule has 0 aliphatic heterocycles. The minimum atomic E-state index is 0.289. The summed E-state index contributed by atoms with van der Waals surface area (Å²) in [6.07, 6.45) is 5.73. The van der Waals surface area contributed by atoms with Crippen LogP contribution in [0.3, 0.4) is 0 Å². The molecular weight excluding hydrogens is 236 g/mol. The average Bonchev–Trinajstić information content (AvgIpc) is 2.86. The van der Waals surface area contributed by atoms with Crippen LogP contribution in [0.1, 0.15) is 32.1 Å². The van der Waals surface area contributed by atoms with Gasteiger partial charge in [0.15, 0.2) is 0 Å². The van der Waals surface area contributed by atoms with Gasteiger partial charge in [-0.05, 0) is 40.5 Å². The first-order valence-corrected chi connectivity index (χ1v) is 7.32. The molecule has 0 amide bonds. The summed E-state index contributed by atoms with van der Waals surface area (Å²) in [5.41, 5.74) is 2.90. The summed E-state index contributed by atoms with van der Waals surface area (Å²) in [6, 6.07) is 12.8. The smallest absolute Gasteiger partial charge is 0.0273 e. The maximum Gasteiger partial charge on any atom is 0.0273 e. The fraction of sp³-hybridized carbons (Fsp3) is 0.294. The van der Waals surface area contributed by atoms with E-state index in [1.54, 1.807) is 0 Å². The van der Waals surface area contributed by atoms with Crippen molar-refractivity contribution >= 4 is 17.4 Å². The van der Waals surface area contributed by atoms with Crippen LogP contribution in [0.5, 0.6) is 0 Å². The maximum atomic E-state index is 2.31. The molecule has 0 fully saturated rings. The highest BCUT2D eigenvalue weighted by molar-refractivity contribution is 7.11. The van der Waals surface area contributed by atoms with Crippen LogP contribution in [0.4, 0.5) is 0 Å². The Morgan fingerprint density at radius 1 is 1.11 bits per heavy atom. The fourth-order valence-corrected chi connectivity index (χ4v) is 2.46. The van der Waals surface area contributed by atoms with E-state index in [9.17, 15) is 0 Å². The van der Waals surface area contributed by atoms with E-state index in [0.717, 1.165) is 0 Å². The molecule has 18 heavy (non-hydrogen) atoms. The molecule has 0 unspecified atom stereocenters. The standard InChI is InChI=1S/C17H20S/c1-4-17(2,3)11-10-16-12-15(13-18-16)14-8-6-5-7-9-14/h5-13H,4H2,1-3H3/b11-10+. The van der Waals surface area contributed by atoms with Crippen molar-refractivity contribution in [3.05, 3.63) is 52.7 Å². The number of benzene rings is 1. The molecule has 2 rings (SSSR count). The molecule has 0 bridgehead atoms. The lowest BCUT2D eigenvalue weighted by atomic mass is 9.90. The Morgan fingerprint density at radius 3 is 2.50 bits per heavy atom. The monoisotopic (exact) mass is 256 g/mol. The molecule has 0 spiro atoms. The molecule has 0 atom stereocenters. The first kappa shape index (κ1) is 13.1. The Hall–Kier alpha value is -1.34. The Kier molecular flexibility index (Phi) is 4.03. The molecule has 0 saturated heterocycles. The molecule has 0 radical (unpaired) electrons. The van der Waals surface area contributed by atoms with Gasteiger partial charge in [-0.25, -0.2) is 0 Å². The fourth-order valence-electron chi connectivity index (χ4n) is 1.65. The Bertz CT molecular complexity index is 518. The van der Waals surface area contributed by atoms with Gasteiger partial charge in [0.25, 0.3) is 0 Å². The van der Waals surface area contributed by atoms with Gasteiger partial charge >= 0.3 is 0 Å². The van der Waals surface area contributed by atoms with Crippen molar-refractivity contribution in [2.24, 2.45) is 5.41 Å². The van der Waals surface area contributed by atoms with Gasteiger partial charge in [0.1, 0.15) is 0 Å². The van der Waals surface area contributed by atoms with Crippen LogP contribution >= 0.6 is 11.3 Å². The van der Waals surface area contributed by atoms with E-state index in [4.69, 9.17) is 0 Å². The lowest BCUT2D eigenvalue weighted by Crippen LogP contribution is -2.03. The molecule has 0 nitrogen and oxygen atoms in total. The summed E-state index contributed by atoms with van der Waals surface area (Å²) in [7, 11) is 0. The third-order valence-corrected chi connectivity index (χ3v) is 4.23. The van der Waals surface area contributed by atoms with Crippen LogP contribution in [-0.4, -0.2) is 0 Å². The zero-order chi connectivity index (χ0) is 13.0. The summed E-state index contributed by atoms with van der Waals surface area (Å²) >= 11 is 1.81. The van der Waals surface area contributed by atoms with E-state index in [2.05, 4.69) is 74.7 Å². The SMILES string of the molecule is CCC(C)(C)/C=C/c1cc(-c2ccccc2)cs1. The van der Waals surface area contributed by atoms with Crippen LogP contribution in [0, 0.1) is 5.41 Å². The molecule has 1 heterocycles. The maximum absolute atomic E-state index is 2.31. The van der Waals surface area contributed by atoms with E-state index in [1.165, 1.54) is 22.4 Å². The Morgan fingerprint density at radius 2 is 1.83 bits per heavy atom. The lowest BCUT2D eigenvalue weighted by Gasteiger charge is -2.16. The highest BCUT2D eigenvalue weighted by atomic mass is 32.1. The minimum Gasteiger partial charge on any atom is -0.144 e. The van der Waals surface area contributed by atoms with E-state index in [0.29, 0.717) is 0 Å². The van der Waals surface area contributed by atoms with Crippen LogP contribution < -0.4 is 0 Å². The number of rotatable bonds is 4. The Balaban J connectivity index is 2.17. The second kappa shape index (κ2) is 5.53. The summed E-state index contributed by atoms with van der Waals surface area (Å²) < 4.78 is 0. The van der Waals surface area contributed by atoms with Gasteiger partial charge in [-0.3, -0.25) is 0 Å². The van der Waals surface area contributed by atoms with E-state index in [1.807, 2.05) is 11.3 Å². The number of thiophene rings is 1. The third-order valence-electron chi connectivity index (χ3n) is 3.34. The van der Waals surface area contributed by atoms with Crippen LogP contribution in [0.25, 0.3) is 17.2 Å². The first-order valence-electron chi connectivity index (χ1n) is 6.44. The third kappa shape index (κ3) is 3.33. The molecule has 0 N–H and O–H groups in total. The molecule has 0 saturated carbocycles. The minimum absolute atomic E-state index is 0.289. The lowest BCUT2D eigenvalue weighted by molar-refractivity contribution is 0.464. The number of hydrogen-bond acceptors (Lipinski definition) is 1. The van der Waals surface area contributed by atoms with Gasteiger partial charge in [0.05, 0.1) is 0 Å². The molecular formula is C17H20S. The van der Waals surface area contributed by atoms with Gasteiger partial charge in [0, 0.05) is 4.88 Å². The van der Waals surface area contributed by atoms with Crippen molar-refractivity contribution in [1.82, 2.24) is 0 Å². The molecule has 1 heteroatoms. The summed E-state index contributed by atoms with van der Waals surface area (Å²) in [5.74, 6) is 0. The second-order valence-electron chi connectivity index (χ2n) is 5.28. The number of allylic oxidation sites excluding steroid dienone is 1. The normalized spacial score (nSPS) is 12.2. The predicted octanol–water partition coefficient (Wildman–Crippen LogP) is 5.86. The van der Waals surface area contributed by atoms with Crippen molar-refractivity contribution in [3.63, 3.8) is 0 Å². The van der Waals surface area contributed by atoms with Gasteiger partial charge in [-0.1, -0.05) is 57.2 Å². The van der Waals surface area contributed by atoms with Gasteiger partial charge in [-0.15, -0.1) is 11.3 Å². The average molecular weight is 256 g/mol. The van der Waals surface area contributed by atoms with E-state index < -0.39 is 0 Å². The van der Waals surface area contributed by atoms with E-state index >= 15 is 0 Å². The zero-order valence-corrected chi connectivity index (χ0v) is 12.1. The topological polar surface area (TPSA) is 0 Å². The Labute approximate surface area is 114 Å². The van der Waals surface area contributed by atoms with Gasteiger partial charge in [0.2, 0.25) is 0 Å². The largest absolute Gasteiger partial charge is 0.144 e. The molecule has 0 aliphatic rings. The molecule has 1 aromatic carbocycles. The quantitative estimate of drug-likeness (QED) is 0.642. The molecule has 2 aromatic rings. The molecule has 94 valence electrons. The summed E-state index contributed by atoms with van der Waals surface area (Å²) in [4.78, 5) is 1.33. The highest BCUT2D eigenvalue weighted by Gasteiger charge is 2.09. The second-order valence-corrected chi connectivity index (χ2v) is 6.22. The molecule has 1 aromatic heterocycles. The van der Waals surface area contributed by atoms with Crippen LogP contribution in [-0.2, 0) is 0 Å². The molecule has 0 aliphatic carbocycles.